The standard InChI is InChI=1S/C16H20N4O/c1-21-15-8-7-11(10-18-15)9-14-19-13-6-4-2-3-5-12(13)16(17)20-14/h7-8,10H,2-6,9H2,1H3,(H2,17,19,20). The minimum Gasteiger partial charge on any atom is -0.481 e. The Hall–Kier alpha value is -2.17. The molecule has 0 atom stereocenters. The molecule has 2 heterocycles. The number of hydrogen-bond acceptors (Lipinski definition) is 5. The number of ether oxygens (including phenoxy) is 1. The SMILES string of the molecule is COc1ccc(Cc2nc(N)c3c(n2)CCCCC3)cn1. The summed E-state index contributed by atoms with van der Waals surface area (Å²) in [6.07, 6.45) is 8.07. The number of nitrogen functional groups attached to an aromatic ring is 1. The summed E-state index contributed by atoms with van der Waals surface area (Å²) in [5, 5.41) is 0. The van der Waals surface area contributed by atoms with Crippen molar-refractivity contribution in [1.82, 2.24) is 15.0 Å². The number of rotatable bonds is 3. The Labute approximate surface area is 124 Å². The molecule has 5 heteroatoms. The van der Waals surface area contributed by atoms with Crippen LogP contribution in [0.15, 0.2) is 18.3 Å². The van der Waals surface area contributed by atoms with E-state index in [2.05, 4.69) is 9.97 Å². The fourth-order valence-electron chi connectivity index (χ4n) is 2.75. The first-order valence-electron chi connectivity index (χ1n) is 7.39. The molecule has 1 aliphatic carbocycles. The Balaban J connectivity index is 1.85. The van der Waals surface area contributed by atoms with Gasteiger partial charge in [-0.3, -0.25) is 0 Å². The van der Waals surface area contributed by atoms with Crippen molar-refractivity contribution in [2.45, 2.75) is 38.5 Å². The van der Waals surface area contributed by atoms with Crippen LogP contribution in [0.1, 0.15) is 41.9 Å². The molecule has 0 radical (unpaired) electrons. The van der Waals surface area contributed by atoms with Crippen molar-refractivity contribution in [3.8, 4) is 5.88 Å². The number of anilines is 1. The molecule has 3 rings (SSSR count). The van der Waals surface area contributed by atoms with Crippen LogP contribution in [0.2, 0.25) is 0 Å². The summed E-state index contributed by atoms with van der Waals surface area (Å²) >= 11 is 0. The van der Waals surface area contributed by atoms with Gasteiger partial charge in [0.25, 0.3) is 0 Å². The van der Waals surface area contributed by atoms with Crippen LogP contribution in [0, 0.1) is 0 Å². The molecule has 0 amide bonds. The highest BCUT2D eigenvalue weighted by atomic mass is 16.5. The lowest BCUT2D eigenvalue weighted by Gasteiger charge is -2.10. The smallest absolute Gasteiger partial charge is 0.212 e. The van der Waals surface area contributed by atoms with Gasteiger partial charge >= 0.3 is 0 Å². The maximum absolute atomic E-state index is 6.12. The van der Waals surface area contributed by atoms with Gasteiger partial charge in [0.2, 0.25) is 5.88 Å². The third-order valence-corrected chi connectivity index (χ3v) is 3.88. The van der Waals surface area contributed by atoms with Crippen molar-refractivity contribution in [3.05, 3.63) is 41.0 Å². The topological polar surface area (TPSA) is 73.9 Å². The molecule has 110 valence electrons. The average Bonchev–Trinajstić information content (AvgIpc) is 2.74. The lowest BCUT2D eigenvalue weighted by atomic mass is 10.1. The Morgan fingerprint density at radius 2 is 2.00 bits per heavy atom. The van der Waals surface area contributed by atoms with Crippen LogP contribution in [-0.4, -0.2) is 22.1 Å². The van der Waals surface area contributed by atoms with E-state index in [1.807, 2.05) is 12.1 Å². The minimum atomic E-state index is 0.612. The Kier molecular flexibility index (Phi) is 3.99. The summed E-state index contributed by atoms with van der Waals surface area (Å²) < 4.78 is 5.06. The Bertz CT molecular complexity index is 625. The summed E-state index contributed by atoms with van der Waals surface area (Å²) in [7, 11) is 1.61. The van der Waals surface area contributed by atoms with Gasteiger partial charge in [0.05, 0.1) is 7.11 Å². The second kappa shape index (κ2) is 6.08. The van der Waals surface area contributed by atoms with E-state index in [4.69, 9.17) is 15.5 Å². The second-order valence-corrected chi connectivity index (χ2v) is 5.40. The van der Waals surface area contributed by atoms with Gasteiger partial charge in [0.15, 0.2) is 0 Å². The zero-order chi connectivity index (χ0) is 14.7. The molecular weight excluding hydrogens is 264 g/mol. The van der Waals surface area contributed by atoms with Gasteiger partial charge in [-0.15, -0.1) is 0 Å². The van der Waals surface area contributed by atoms with E-state index in [1.165, 1.54) is 19.3 Å². The number of nitrogens with two attached hydrogens (primary N) is 1. The maximum Gasteiger partial charge on any atom is 0.212 e. The maximum atomic E-state index is 6.12. The lowest BCUT2D eigenvalue weighted by Crippen LogP contribution is -2.09. The van der Waals surface area contributed by atoms with Crippen molar-refractivity contribution in [1.29, 1.82) is 0 Å². The fourth-order valence-corrected chi connectivity index (χ4v) is 2.75. The van der Waals surface area contributed by atoms with E-state index in [0.29, 0.717) is 18.1 Å². The molecule has 2 aromatic rings. The summed E-state index contributed by atoms with van der Waals surface area (Å²) in [6.45, 7) is 0. The van der Waals surface area contributed by atoms with Crippen LogP contribution >= 0.6 is 0 Å². The first-order valence-corrected chi connectivity index (χ1v) is 7.39. The summed E-state index contributed by atoms with van der Waals surface area (Å²) in [5.41, 5.74) is 9.48. The lowest BCUT2D eigenvalue weighted by molar-refractivity contribution is 0.397. The number of pyridine rings is 1. The highest BCUT2D eigenvalue weighted by Gasteiger charge is 2.15. The molecule has 0 bridgehead atoms. The number of aromatic nitrogens is 3. The monoisotopic (exact) mass is 284 g/mol. The number of methoxy groups -OCH3 is 1. The number of nitrogens with zero attached hydrogens (tertiary/aromatic N) is 3. The van der Waals surface area contributed by atoms with Gasteiger partial charge in [0, 0.05) is 29.9 Å². The molecule has 5 nitrogen and oxygen atoms in total. The normalized spacial score (nSPS) is 14.3. The molecular formula is C16H20N4O. The highest BCUT2D eigenvalue weighted by molar-refractivity contribution is 5.43. The largest absolute Gasteiger partial charge is 0.481 e. The molecule has 0 aliphatic heterocycles. The average molecular weight is 284 g/mol. The molecule has 0 spiro atoms. The van der Waals surface area contributed by atoms with Gasteiger partial charge < -0.3 is 10.5 Å². The Morgan fingerprint density at radius 1 is 1.14 bits per heavy atom. The van der Waals surface area contributed by atoms with Crippen LogP contribution in [0.4, 0.5) is 5.82 Å². The molecule has 0 unspecified atom stereocenters. The van der Waals surface area contributed by atoms with Gasteiger partial charge in [-0.2, -0.15) is 0 Å². The minimum absolute atomic E-state index is 0.612. The van der Waals surface area contributed by atoms with Crippen molar-refractivity contribution < 1.29 is 4.74 Å². The van der Waals surface area contributed by atoms with Crippen LogP contribution in [0.3, 0.4) is 0 Å². The van der Waals surface area contributed by atoms with Gasteiger partial charge in [-0.1, -0.05) is 12.5 Å². The zero-order valence-corrected chi connectivity index (χ0v) is 12.3. The molecule has 0 saturated heterocycles. The van der Waals surface area contributed by atoms with Crippen LogP contribution in [0.5, 0.6) is 5.88 Å². The van der Waals surface area contributed by atoms with E-state index >= 15 is 0 Å². The molecule has 2 aromatic heterocycles. The number of hydrogen-bond donors (Lipinski definition) is 1. The van der Waals surface area contributed by atoms with E-state index in [9.17, 15) is 0 Å². The summed E-state index contributed by atoms with van der Waals surface area (Å²) in [6, 6.07) is 3.83. The first kappa shape index (κ1) is 13.8. The Morgan fingerprint density at radius 3 is 2.76 bits per heavy atom. The van der Waals surface area contributed by atoms with Gasteiger partial charge in [-0.05, 0) is 31.2 Å². The molecule has 0 aromatic carbocycles. The molecule has 0 saturated carbocycles. The molecule has 1 aliphatic rings. The van der Waals surface area contributed by atoms with E-state index in [-0.39, 0.29) is 0 Å². The predicted molar refractivity (Wildman–Crippen MR) is 81.3 cm³/mol. The van der Waals surface area contributed by atoms with Gasteiger partial charge in [0.1, 0.15) is 11.6 Å². The highest BCUT2D eigenvalue weighted by Crippen LogP contribution is 2.23. The van der Waals surface area contributed by atoms with Crippen molar-refractivity contribution >= 4 is 5.82 Å². The molecule has 0 fully saturated rings. The van der Waals surface area contributed by atoms with Crippen LogP contribution in [-0.2, 0) is 19.3 Å². The first-order chi connectivity index (χ1) is 10.3. The zero-order valence-electron chi connectivity index (χ0n) is 12.3. The fraction of sp³-hybridized carbons (Fsp3) is 0.438. The van der Waals surface area contributed by atoms with Crippen LogP contribution < -0.4 is 10.5 Å². The quantitative estimate of drug-likeness (QED) is 0.876. The van der Waals surface area contributed by atoms with Crippen molar-refractivity contribution in [2.24, 2.45) is 0 Å². The van der Waals surface area contributed by atoms with E-state index < -0.39 is 0 Å². The van der Waals surface area contributed by atoms with E-state index in [0.717, 1.165) is 35.5 Å². The molecule has 21 heavy (non-hydrogen) atoms. The molecule has 2 N–H and O–H groups in total. The second-order valence-electron chi connectivity index (χ2n) is 5.40. The summed E-state index contributed by atoms with van der Waals surface area (Å²) in [4.78, 5) is 13.4. The van der Waals surface area contributed by atoms with Gasteiger partial charge in [-0.25, -0.2) is 15.0 Å². The number of fused-ring (bicyclic) bond motifs is 1. The third-order valence-electron chi connectivity index (χ3n) is 3.88. The van der Waals surface area contributed by atoms with Crippen LogP contribution in [0.25, 0.3) is 0 Å². The van der Waals surface area contributed by atoms with E-state index in [1.54, 1.807) is 13.3 Å². The third kappa shape index (κ3) is 3.12. The van der Waals surface area contributed by atoms with Crippen molar-refractivity contribution in [2.75, 3.05) is 12.8 Å². The number of aryl methyl sites for hydroxylation is 1. The summed E-state index contributed by atoms with van der Waals surface area (Å²) in [5.74, 6) is 2.04. The van der Waals surface area contributed by atoms with Crippen molar-refractivity contribution in [3.63, 3.8) is 0 Å². The predicted octanol–water partition coefficient (Wildman–Crippen LogP) is 2.32.